The van der Waals surface area contributed by atoms with Crippen LogP contribution in [0.1, 0.15) is 20.8 Å². The number of hydrogen-bond acceptors (Lipinski definition) is 0. The van der Waals surface area contributed by atoms with Crippen LogP contribution >= 0.6 is 22.7 Å². The van der Waals surface area contributed by atoms with Crippen molar-refractivity contribution in [1.29, 1.82) is 0 Å². The molecule has 0 bridgehead atoms. The summed E-state index contributed by atoms with van der Waals surface area (Å²) in [5.74, 6) is 0. The van der Waals surface area contributed by atoms with Crippen molar-refractivity contribution in [1.82, 2.24) is 0 Å². The summed E-state index contributed by atoms with van der Waals surface area (Å²) in [6.45, 7) is 6.14. The van der Waals surface area contributed by atoms with Crippen molar-refractivity contribution in [2.75, 3.05) is 0 Å². The van der Waals surface area contributed by atoms with E-state index in [4.69, 9.17) is 22.7 Å². The van der Waals surface area contributed by atoms with Crippen molar-refractivity contribution in [2.24, 2.45) is 0 Å². The third-order valence-electron chi connectivity index (χ3n) is 1.74. The standard InChI is InChI=1S/C6H13Cl2Si.Zn/c1-4-9(8,5-2)6(3)7;/h4-5H2,1-3H3;/q-1;. The molecule has 0 saturated heterocycles. The fourth-order valence-corrected chi connectivity index (χ4v) is 3.01. The molecular weight excluding hydrogens is 236 g/mol. The number of rotatable bonds is 3. The zero-order valence-electron chi connectivity index (χ0n) is 6.88. The topological polar surface area (TPSA) is 0 Å². The van der Waals surface area contributed by atoms with Gasteiger partial charge in [-0.3, -0.25) is 0 Å². The van der Waals surface area contributed by atoms with Gasteiger partial charge >= 0.3 is 0 Å². The maximum Gasteiger partial charge on any atom is 0.0241 e. The fourth-order valence-electron chi connectivity index (χ4n) is 0.737. The van der Waals surface area contributed by atoms with E-state index in [2.05, 4.69) is 13.8 Å². The molecule has 58 valence electrons. The summed E-state index contributed by atoms with van der Waals surface area (Å²) < 4.78 is 0. The monoisotopic (exact) mass is 247 g/mol. The number of halogens is 2. The van der Waals surface area contributed by atoms with Gasteiger partial charge in [-0.2, -0.15) is 6.92 Å². The molecule has 0 aliphatic heterocycles. The average Bonchev–Trinajstić information content (AvgIpc) is 1.86. The first kappa shape index (κ1) is 14.0. The molecule has 0 atom stereocenters. The Morgan fingerprint density at radius 1 is 1.30 bits per heavy atom. The maximum absolute atomic E-state index is 6.21. The van der Waals surface area contributed by atoms with Gasteiger partial charge < -0.3 is 11.6 Å². The van der Waals surface area contributed by atoms with Crippen LogP contribution in [0.4, 0.5) is 0 Å². The van der Waals surface area contributed by atoms with Gasteiger partial charge in [0, 0.05) is 26.9 Å². The molecule has 0 fully saturated rings. The Bertz CT molecular complexity index is 83.8. The van der Waals surface area contributed by atoms with Crippen molar-refractivity contribution in [3.63, 3.8) is 0 Å². The molecule has 0 radical (unpaired) electrons. The largest absolute Gasteiger partial charge is 0.347 e. The molecular formula is C6H13Cl2SiZn-. The minimum Gasteiger partial charge on any atom is -0.347 e. The molecule has 0 spiro atoms. The quantitative estimate of drug-likeness (QED) is 0.408. The first-order chi connectivity index (χ1) is 4.06. The Labute approximate surface area is 87.1 Å². The second-order valence-corrected chi connectivity index (χ2v) is 9.36. The Balaban J connectivity index is 0. The summed E-state index contributed by atoms with van der Waals surface area (Å²) in [6.07, 6.45) is 0. The van der Waals surface area contributed by atoms with Crippen molar-refractivity contribution in [3.05, 3.63) is 5.00 Å². The van der Waals surface area contributed by atoms with Crippen LogP contribution in [-0.4, -0.2) is 7.38 Å². The predicted octanol–water partition coefficient (Wildman–Crippen LogP) is 3.54. The molecule has 0 amide bonds. The van der Waals surface area contributed by atoms with Gasteiger partial charge in [0.25, 0.3) is 0 Å². The van der Waals surface area contributed by atoms with Gasteiger partial charge in [0.15, 0.2) is 0 Å². The molecule has 0 N–H and O–H groups in total. The van der Waals surface area contributed by atoms with Crippen LogP contribution in [0.3, 0.4) is 0 Å². The molecule has 4 heteroatoms. The van der Waals surface area contributed by atoms with Gasteiger partial charge in [-0.1, -0.05) is 25.9 Å². The molecule has 0 nitrogen and oxygen atoms in total. The van der Waals surface area contributed by atoms with Gasteiger partial charge in [0.05, 0.1) is 0 Å². The van der Waals surface area contributed by atoms with Gasteiger partial charge in [-0.15, -0.1) is 0 Å². The third-order valence-corrected chi connectivity index (χ3v) is 9.04. The zero-order valence-corrected chi connectivity index (χ0v) is 12.4. The van der Waals surface area contributed by atoms with Crippen LogP contribution in [0, 0.1) is 5.00 Å². The first-order valence-corrected chi connectivity index (χ1v) is 7.05. The van der Waals surface area contributed by atoms with Crippen LogP contribution < -0.4 is 0 Å². The third kappa shape index (κ3) is 3.71. The summed E-state index contributed by atoms with van der Waals surface area (Å²) in [4.78, 5) is 0. The van der Waals surface area contributed by atoms with Crippen molar-refractivity contribution in [3.8, 4) is 0 Å². The molecule has 0 saturated carbocycles. The van der Waals surface area contributed by atoms with E-state index < -0.39 is 7.38 Å². The predicted molar refractivity (Wildman–Crippen MR) is 47.3 cm³/mol. The molecule has 0 aromatic carbocycles. The van der Waals surface area contributed by atoms with Crippen LogP contribution in [0.5, 0.6) is 0 Å². The van der Waals surface area contributed by atoms with E-state index in [1.165, 1.54) is 0 Å². The minimum atomic E-state index is -1.62. The zero-order chi connectivity index (χ0) is 7.49. The summed E-state index contributed by atoms with van der Waals surface area (Å²) in [6, 6.07) is 2.08. The molecule has 0 rings (SSSR count). The van der Waals surface area contributed by atoms with Crippen LogP contribution in [0.2, 0.25) is 12.1 Å². The summed E-state index contributed by atoms with van der Waals surface area (Å²) in [7, 11) is -1.62. The van der Waals surface area contributed by atoms with Crippen molar-refractivity contribution in [2.45, 2.75) is 32.9 Å². The number of hydrogen-bond donors (Lipinski definition) is 0. The molecule has 0 aromatic rings. The van der Waals surface area contributed by atoms with E-state index in [1.807, 2.05) is 6.92 Å². The Hall–Kier alpha value is 1.42. The van der Waals surface area contributed by atoms with E-state index in [1.54, 1.807) is 0 Å². The maximum atomic E-state index is 6.21. The van der Waals surface area contributed by atoms with E-state index in [0.29, 0.717) is 0 Å². The molecule has 0 aliphatic carbocycles. The summed E-state index contributed by atoms with van der Waals surface area (Å²) in [5.41, 5.74) is 0. The van der Waals surface area contributed by atoms with E-state index in [0.717, 1.165) is 17.1 Å². The molecule has 0 aliphatic rings. The summed E-state index contributed by atoms with van der Waals surface area (Å²) >= 11 is 12.0. The summed E-state index contributed by atoms with van der Waals surface area (Å²) in [5, 5.41) is 0.939. The Morgan fingerprint density at radius 2 is 1.60 bits per heavy atom. The molecule has 0 heterocycles. The van der Waals surface area contributed by atoms with Gasteiger partial charge in [0.2, 0.25) is 0 Å². The van der Waals surface area contributed by atoms with Crippen molar-refractivity contribution >= 4 is 30.1 Å². The van der Waals surface area contributed by atoms with E-state index in [-0.39, 0.29) is 19.5 Å². The normalized spacial score (nSPS) is 11.4. The average molecular weight is 250 g/mol. The first-order valence-electron chi connectivity index (χ1n) is 3.25. The molecule has 0 unspecified atom stereocenters. The second-order valence-electron chi connectivity index (χ2n) is 2.21. The van der Waals surface area contributed by atoms with Crippen molar-refractivity contribution < 1.29 is 19.5 Å². The van der Waals surface area contributed by atoms with Crippen LogP contribution in [-0.2, 0) is 19.5 Å². The van der Waals surface area contributed by atoms with Gasteiger partial charge in [-0.25, -0.2) is 16.1 Å². The SMILES string of the molecule is CC[Si](Cl)(CC)[C-](C)Cl.[Zn]. The molecule has 10 heavy (non-hydrogen) atoms. The second kappa shape index (κ2) is 5.99. The van der Waals surface area contributed by atoms with E-state index in [9.17, 15) is 0 Å². The van der Waals surface area contributed by atoms with E-state index >= 15 is 0 Å². The van der Waals surface area contributed by atoms with Gasteiger partial charge in [0.1, 0.15) is 0 Å². The van der Waals surface area contributed by atoms with Crippen LogP contribution in [0.25, 0.3) is 0 Å². The fraction of sp³-hybridized carbons (Fsp3) is 0.833. The molecule has 0 aromatic heterocycles. The Kier molecular flexibility index (Phi) is 8.38. The Morgan fingerprint density at radius 3 is 1.60 bits per heavy atom. The smallest absolute Gasteiger partial charge is 0.0241 e. The van der Waals surface area contributed by atoms with Crippen LogP contribution in [0.15, 0.2) is 0 Å². The minimum absolute atomic E-state index is 0. The van der Waals surface area contributed by atoms with Gasteiger partial charge in [-0.05, 0) is 0 Å².